The molecule has 34 heavy (non-hydrogen) atoms. The number of halogens is 1. The fourth-order valence-corrected chi connectivity index (χ4v) is 5.12. The molecule has 1 fully saturated rings. The Kier molecular flexibility index (Phi) is 8.79. The van der Waals surface area contributed by atoms with Crippen LogP contribution in [0.15, 0.2) is 47.4 Å². The van der Waals surface area contributed by atoms with Crippen molar-refractivity contribution in [1.82, 2.24) is 14.9 Å². The Labute approximate surface area is 205 Å². The van der Waals surface area contributed by atoms with Gasteiger partial charge in [0.05, 0.1) is 17.6 Å². The van der Waals surface area contributed by atoms with Crippen LogP contribution in [0.2, 0.25) is 5.02 Å². The van der Waals surface area contributed by atoms with Crippen molar-refractivity contribution in [1.29, 1.82) is 0 Å². The largest absolute Gasteiger partial charge is 0.496 e. The van der Waals surface area contributed by atoms with Crippen molar-refractivity contribution >= 4 is 33.6 Å². The van der Waals surface area contributed by atoms with Crippen LogP contribution in [-0.2, 0) is 16.4 Å². The number of sulfonamides is 1. The smallest absolute Gasteiger partial charge is 0.331 e. The normalized spacial score (nSPS) is 14.3. The minimum absolute atomic E-state index is 0.0170. The number of carbonyl (C=O) groups is 2. The molecule has 2 N–H and O–H groups in total. The lowest BCUT2D eigenvalue weighted by molar-refractivity contribution is 0.0951. The van der Waals surface area contributed by atoms with Crippen molar-refractivity contribution in [3.63, 3.8) is 0 Å². The molecule has 2 aromatic carbocycles. The molecule has 10 heteroatoms. The van der Waals surface area contributed by atoms with Gasteiger partial charge < -0.3 is 15.4 Å². The maximum atomic E-state index is 12.9. The van der Waals surface area contributed by atoms with Crippen molar-refractivity contribution in [2.45, 2.75) is 49.5 Å². The number of hydrogen-bond donors (Lipinski definition) is 2. The molecule has 1 aliphatic carbocycles. The summed E-state index contributed by atoms with van der Waals surface area (Å²) in [6, 6.07) is 10.5. The zero-order valence-corrected chi connectivity index (χ0v) is 20.9. The van der Waals surface area contributed by atoms with Gasteiger partial charge in [-0.15, -0.1) is 0 Å². The molecule has 0 heterocycles. The molecule has 3 amide bonds. The number of hydrogen-bond acceptors (Lipinski definition) is 5. The highest BCUT2D eigenvalue weighted by Crippen LogP contribution is 2.23. The maximum Gasteiger partial charge on any atom is 0.331 e. The summed E-state index contributed by atoms with van der Waals surface area (Å²) in [7, 11) is -1.22. The van der Waals surface area contributed by atoms with Crippen molar-refractivity contribution in [2.24, 2.45) is 0 Å². The van der Waals surface area contributed by atoms with Gasteiger partial charge in [0.2, 0.25) is 0 Å². The minimum Gasteiger partial charge on any atom is -0.496 e. The van der Waals surface area contributed by atoms with Crippen molar-refractivity contribution in [2.75, 3.05) is 20.7 Å². The maximum absolute atomic E-state index is 12.9. The van der Waals surface area contributed by atoms with Gasteiger partial charge in [-0.3, -0.25) is 4.79 Å². The van der Waals surface area contributed by atoms with Crippen LogP contribution >= 0.6 is 11.6 Å². The summed E-state index contributed by atoms with van der Waals surface area (Å²) in [4.78, 5) is 25.0. The average molecular weight is 508 g/mol. The SMILES string of the molecule is COc1ccc(Cl)cc1C(=O)NCCc1ccc(S(=O)(=O)N(C)C(=O)NC2CCCCC2)cc1. The number of ether oxygens (including phenoxy) is 1. The highest BCUT2D eigenvalue weighted by atomic mass is 35.5. The van der Waals surface area contributed by atoms with Crippen molar-refractivity contribution in [3.8, 4) is 5.75 Å². The third kappa shape index (κ3) is 6.42. The van der Waals surface area contributed by atoms with Crippen LogP contribution in [-0.4, -0.2) is 51.4 Å². The second-order valence-corrected chi connectivity index (χ2v) is 10.7. The van der Waals surface area contributed by atoms with Gasteiger partial charge >= 0.3 is 6.03 Å². The summed E-state index contributed by atoms with van der Waals surface area (Å²) < 4.78 is 31.7. The van der Waals surface area contributed by atoms with Crippen molar-refractivity contribution < 1.29 is 22.7 Å². The van der Waals surface area contributed by atoms with E-state index in [1.165, 1.54) is 32.4 Å². The summed E-state index contributed by atoms with van der Waals surface area (Å²) >= 11 is 5.98. The van der Waals surface area contributed by atoms with E-state index in [9.17, 15) is 18.0 Å². The zero-order chi connectivity index (χ0) is 24.7. The van der Waals surface area contributed by atoms with Crippen LogP contribution < -0.4 is 15.4 Å². The summed E-state index contributed by atoms with van der Waals surface area (Å²) in [5, 5.41) is 6.06. The Morgan fingerprint density at radius 3 is 2.41 bits per heavy atom. The quantitative estimate of drug-likeness (QED) is 0.562. The Hall–Kier alpha value is -2.78. The van der Waals surface area contributed by atoms with Gasteiger partial charge in [-0.05, 0) is 55.2 Å². The molecule has 8 nitrogen and oxygen atoms in total. The van der Waals surface area contributed by atoms with Gasteiger partial charge in [0, 0.05) is 24.7 Å². The van der Waals surface area contributed by atoms with E-state index in [2.05, 4.69) is 10.6 Å². The molecule has 184 valence electrons. The van der Waals surface area contributed by atoms with Crippen LogP contribution in [0.5, 0.6) is 5.75 Å². The fraction of sp³-hybridized carbons (Fsp3) is 0.417. The molecule has 1 saturated carbocycles. The van der Waals surface area contributed by atoms with Crippen LogP contribution in [0.25, 0.3) is 0 Å². The average Bonchev–Trinajstić information content (AvgIpc) is 2.84. The van der Waals surface area contributed by atoms with E-state index in [0.29, 0.717) is 29.3 Å². The van der Waals surface area contributed by atoms with Gasteiger partial charge in [-0.2, -0.15) is 0 Å². The van der Waals surface area contributed by atoms with Crippen LogP contribution in [0.1, 0.15) is 48.0 Å². The second-order valence-electron chi connectivity index (χ2n) is 8.25. The molecule has 0 atom stereocenters. The molecule has 0 aromatic heterocycles. The molecule has 0 unspecified atom stereocenters. The molecule has 3 rings (SSSR count). The summed E-state index contributed by atoms with van der Waals surface area (Å²) in [6.45, 7) is 0.338. The first-order valence-corrected chi connectivity index (χ1v) is 13.0. The van der Waals surface area contributed by atoms with E-state index in [4.69, 9.17) is 16.3 Å². The Morgan fingerprint density at radius 2 is 1.76 bits per heavy atom. The summed E-state index contributed by atoms with van der Waals surface area (Å²) in [6.07, 6.45) is 5.45. The fourth-order valence-electron chi connectivity index (χ4n) is 3.88. The molecular formula is C24H30ClN3O5S. The molecule has 0 spiro atoms. The van der Waals surface area contributed by atoms with Crippen LogP contribution in [0.3, 0.4) is 0 Å². The number of nitrogens with one attached hydrogen (secondary N) is 2. The van der Waals surface area contributed by atoms with Gasteiger partial charge in [0.15, 0.2) is 0 Å². The van der Waals surface area contributed by atoms with E-state index in [1.807, 2.05) is 0 Å². The number of nitrogens with zero attached hydrogens (tertiary/aromatic N) is 1. The first kappa shape index (κ1) is 25.8. The molecule has 0 saturated heterocycles. The lowest BCUT2D eigenvalue weighted by Gasteiger charge is -2.26. The highest BCUT2D eigenvalue weighted by Gasteiger charge is 2.27. The minimum atomic E-state index is -3.96. The van der Waals surface area contributed by atoms with E-state index in [0.717, 1.165) is 42.0 Å². The number of amides is 3. The predicted molar refractivity (Wildman–Crippen MR) is 131 cm³/mol. The zero-order valence-electron chi connectivity index (χ0n) is 19.3. The number of rotatable bonds is 8. The number of urea groups is 1. The third-order valence-corrected chi connectivity index (χ3v) is 7.90. The summed E-state index contributed by atoms with van der Waals surface area (Å²) in [5.41, 5.74) is 1.18. The molecule has 2 aromatic rings. The topological polar surface area (TPSA) is 105 Å². The first-order chi connectivity index (χ1) is 16.2. The Bertz CT molecular complexity index is 1120. The van der Waals surface area contributed by atoms with Gasteiger partial charge in [0.25, 0.3) is 15.9 Å². The van der Waals surface area contributed by atoms with E-state index >= 15 is 0 Å². The van der Waals surface area contributed by atoms with Gasteiger partial charge in [-0.1, -0.05) is 43.0 Å². The van der Waals surface area contributed by atoms with Crippen LogP contribution in [0, 0.1) is 0 Å². The van der Waals surface area contributed by atoms with E-state index in [-0.39, 0.29) is 16.8 Å². The number of benzene rings is 2. The van der Waals surface area contributed by atoms with Crippen LogP contribution in [0.4, 0.5) is 4.79 Å². The number of carbonyl (C=O) groups excluding carboxylic acids is 2. The van der Waals surface area contributed by atoms with Gasteiger partial charge in [0.1, 0.15) is 5.75 Å². The predicted octanol–water partition coefficient (Wildman–Crippen LogP) is 3.98. The second kappa shape index (κ2) is 11.6. The van der Waals surface area contributed by atoms with Gasteiger partial charge in [-0.25, -0.2) is 17.5 Å². The first-order valence-electron chi connectivity index (χ1n) is 11.2. The van der Waals surface area contributed by atoms with E-state index < -0.39 is 16.1 Å². The van der Waals surface area contributed by atoms with Crippen molar-refractivity contribution in [3.05, 3.63) is 58.6 Å². The molecule has 0 radical (unpaired) electrons. The molecule has 0 bridgehead atoms. The van der Waals surface area contributed by atoms with E-state index in [1.54, 1.807) is 24.3 Å². The molecular weight excluding hydrogens is 478 g/mol. The summed E-state index contributed by atoms with van der Waals surface area (Å²) in [5.74, 6) is 0.109. The standard InChI is InChI=1S/C24H30ClN3O5S/c1-28(24(30)27-19-6-4-3-5-7-19)34(31,32)20-11-8-17(9-12-20)14-15-26-23(29)21-16-18(25)10-13-22(21)33-2/h8-13,16,19H,3-7,14-15H2,1-2H3,(H,26,29)(H,27,30). The highest BCUT2D eigenvalue weighted by molar-refractivity contribution is 7.89. The lowest BCUT2D eigenvalue weighted by atomic mass is 9.96. The monoisotopic (exact) mass is 507 g/mol. The Morgan fingerprint density at radius 1 is 1.09 bits per heavy atom. The Balaban J connectivity index is 1.56. The lowest BCUT2D eigenvalue weighted by Crippen LogP contribution is -2.46. The molecule has 1 aliphatic rings. The third-order valence-electron chi connectivity index (χ3n) is 5.91. The number of methoxy groups -OCH3 is 1. The molecule has 0 aliphatic heterocycles.